The molecule has 0 fully saturated rings. The van der Waals surface area contributed by atoms with E-state index in [1.807, 2.05) is 25.1 Å². The molecule has 0 aliphatic heterocycles. The summed E-state index contributed by atoms with van der Waals surface area (Å²) in [5.41, 5.74) is 8.35. The first-order chi connectivity index (χ1) is 8.19. The fraction of sp³-hybridized carbons (Fsp3) is 0.250. The van der Waals surface area contributed by atoms with Gasteiger partial charge in [0.1, 0.15) is 12.0 Å². The van der Waals surface area contributed by atoms with Gasteiger partial charge < -0.3 is 14.9 Å². The number of hydrogen-bond acceptors (Lipinski definition) is 5. The van der Waals surface area contributed by atoms with Crippen LogP contribution in [0.5, 0.6) is 5.75 Å². The molecule has 2 N–H and O–H groups in total. The number of oxazole rings is 1. The minimum Gasteiger partial charge on any atom is -0.496 e. The molecule has 0 bridgehead atoms. The zero-order valence-electron chi connectivity index (χ0n) is 9.77. The Balaban J connectivity index is 2.08. The van der Waals surface area contributed by atoms with Gasteiger partial charge >= 0.3 is 0 Å². The summed E-state index contributed by atoms with van der Waals surface area (Å²) in [4.78, 5) is 4.23. The van der Waals surface area contributed by atoms with Crippen LogP contribution >= 0.6 is 11.8 Å². The molecule has 1 heterocycles. The van der Waals surface area contributed by atoms with Gasteiger partial charge in [-0.05, 0) is 13.0 Å². The molecule has 2 rings (SSSR count). The molecule has 0 aliphatic rings. The van der Waals surface area contributed by atoms with Crippen LogP contribution in [0.1, 0.15) is 11.3 Å². The predicted molar refractivity (Wildman–Crippen MR) is 68.2 cm³/mol. The van der Waals surface area contributed by atoms with Gasteiger partial charge in [-0.3, -0.25) is 0 Å². The number of aromatic nitrogens is 1. The van der Waals surface area contributed by atoms with Gasteiger partial charge in [-0.15, -0.1) is 0 Å². The number of hydrogen-bond donors (Lipinski definition) is 1. The number of aryl methyl sites for hydroxylation is 1. The molecule has 5 heteroatoms. The van der Waals surface area contributed by atoms with E-state index < -0.39 is 0 Å². The maximum Gasteiger partial charge on any atom is 0.256 e. The standard InChI is InChI=1S/C12H14N2O2S/c1-8-6-16-12(14-8)17-7-9-3-4-10(13)5-11(9)15-2/h3-6H,7,13H2,1-2H3. The maximum atomic E-state index is 5.70. The third-order valence-electron chi connectivity index (χ3n) is 2.26. The second-order valence-corrected chi connectivity index (χ2v) is 4.54. The summed E-state index contributed by atoms with van der Waals surface area (Å²) in [6.07, 6.45) is 1.64. The molecule has 1 aromatic carbocycles. The van der Waals surface area contributed by atoms with Crippen LogP contribution in [0.15, 0.2) is 34.1 Å². The summed E-state index contributed by atoms with van der Waals surface area (Å²) in [5, 5.41) is 0.668. The third kappa shape index (κ3) is 2.94. The van der Waals surface area contributed by atoms with Gasteiger partial charge in [0.15, 0.2) is 0 Å². The van der Waals surface area contributed by atoms with Crippen LogP contribution in [0.4, 0.5) is 5.69 Å². The van der Waals surface area contributed by atoms with Gasteiger partial charge in [0.05, 0.1) is 12.8 Å². The molecule has 17 heavy (non-hydrogen) atoms. The summed E-state index contributed by atoms with van der Waals surface area (Å²) in [6, 6.07) is 5.63. The Labute approximate surface area is 104 Å². The van der Waals surface area contributed by atoms with E-state index in [0.29, 0.717) is 10.9 Å². The van der Waals surface area contributed by atoms with Crippen molar-refractivity contribution in [3.8, 4) is 5.75 Å². The summed E-state index contributed by atoms with van der Waals surface area (Å²) in [5.74, 6) is 1.53. The quantitative estimate of drug-likeness (QED) is 0.667. The Hall–Kier alpha value is -1.62. The molecule has 90 valence electrons. The Morgan fingerprint density at radius 3 is 2.94 bits per heavy atom. The summed E-state index contributed by atoms with van der Waals surface area (Å²) < 4.78 is 10.5. The van der Waals surface area contributed by atoms with E-state index in [-0.39, 0.29) is 0 Å². The molecule has 2 aromatic rings. The zero-order chi connectivity index (χ0) is 12.3. The second-order valence-electron chi connectivity index (χ2n) is 3.61. The van der Waals surface area contributed by atoms with Crippen LogP contribution in [0.25, 0.3) is 0 Å². The Kier molecular flexibility index (Phi) is 3.58. The number of ether oxygens (including phenoxy) is 1. The van der Waals surface area contributed by atoms with Crippen molar-refractivity contribution in [2.75, 3.05) is 12.8 Å². The Bertz CT molecular complexity index is 511. The normalized spacial score (nSPS) is 10.5. The van der Waals surface area contributed by atoms with Crippen molar-refractivity contribution >= 4 is 17.4 Å². The minimum atomic E-state index is 0.668. The van der Waals surface area contributed by atoms with E-state index in [4.69, 9.17) is 14.9 Å². The van der Waals surface area contributed by atoms with Crippen molar-refractivity contribution in [1.82, 2.24) is 4.98 Å². The van der Waals surface area contributed by atoms with Crippen LogP contribution in [0.3, 0.4) is 0 Å². The van der Waals surface area contributed by atoms with Gasteiger partial charge in [-0.1, -0.05) is 17.8 Å². The number of thioether (sulfide) groups is 1. The molecule has 4 nitrogen and oxygen atoms in total. The average Bonchev–Trinajstić information content (AvgIpc) is 2.73. The molecule has 0 radical (unpaired) electrons. The van der Waals surface area contributed by atoms with Crippen molar-refractivity contribution in [2.45, 2.75) is 17.9 Å². The van der Waals surface area contributed by atoms with Crippen LogP contribution < -0.4 is 10.5 Å². The Morgan fingerprint density at radius 1 is 1.47 bits per heavy atom. The van der Waals surface area contributed by atoms with Crippen molar-refractivity contribution in [2.24, 2.45) is 0 Å². The molecule has 0 saturated heterocycles. The fourth-order valence-corrected chi connectivity index (χ4v) is 2.26. The van der Waals surface area contributed by atoms with Crippen LogP contribution in [-0.2, 0) is 5.75 Å². The lowest BCUT2D eigenvalue weighted by atomic mass is 10.2. The lowest BCUT2D eigenvalue weighted by Gasteiger charge is -2.07. The topological polar surface area (TPSA) is 61.3 Å². The van der Waals surface area contributed by atoms with E-state index >= 15 is 0 Å². The molecule has 0 aliphatic carbocycles. The predicted octanol–water partition coefficient (Wildman–Crippen LogP) is 2.87. The Morgan fingerprint density at radius 2 is 2.29 bits per heavy atom. The molecule has 0 amide bonds. The number of rotatable bonds is 4. The smallest absolute Gasteiger partial charge is 0.256 e. The SMILES string of the molecule is COc1cc(N)ccc1CSc1nc(C)co1. The van der Waals surface area contributed by atoms with Crippen molar-refractivity contribution in [1.29, 1.82) is 0 Å². The second kappa shape index (κ2) is 5.14. The maximum absolute atomic E-state index is 5.70. The monoisotopic (exact) mass is 250 g/mol. The summed E-state index contributed by atoms with van der Waals surface area (Å²) >= 11 is 1.53. The lowest BCUT2D eigenvalue weighted by molar-refractivity contribution is 0.411. The highest BCUT2D eigenvalue weighted by Crippen LogP contribution is 2.28. The van der Waals surface area contributed by atoms with E-state index in [1.54, 1.807) is 13.4 Å². The van der Waals surface area contributed by atoms with Crippen LogP contribution in [0.2, 0.25) is 0 Å². The molecule has 0 saturated carbocycles. The van der Waals surface area contributed by atoms with Gasteiger partial charge in [0.2, 0.25) is 0 Å². The van der Waals surface area contributed by atoms with E-state index in [9.17, 15) is 0 Å². The first kappa shape index (κ1) is 11.9. The number of nitrogen functional groups attached to an aromatic ring is 1. The summed E-state index contributed by atoms with van der Waals surface area (Å²) in [7, 11) is 1.64. The van der Waals surface area contributed by atoms with Gasteiger partial charge in [0.25, 0.3) is 5.22 Å². The molecule has 0 atom stereocenters. The zero-order valence-corrected chi connectivity index (χ0v) is 10.6. The highest BCUT2D eigenvalue weighted by atomic mass is 32.2. The van der Waals surface area contributed by atoms with Crippen molar-refractivity contribution in [3.05, 3.63) is 35.7 Å². The molecular formula is C12H14N2O2S. The minimum absolute atomic E-state index is 0.668. The number of nitrogens with two attached hydrogens (primary N) is 1. The van der Waals surface area contributed by atoms with Gasteiger partial charge in [-0.2, -0.15) is 0 Å². The largest absolute Gasteiger partial charge is 0.496 e. The van der Waals surface area contributed by atoms with Crippen LogP contribution in [0, 0.1) is 6.92 Å². The highest BCUT2D eigenvalue weighted by Gasteiger charge is 2.07. The van der Waals surface area contributed by atoms with E-state index in [2.05, 4.69) is 4.98 Å². The van der Waals surface area contributed by atoms with E-state index in [1.165, 1.54) is 11.8 Å². The first-order valence-electron chi connectivity index (χ1n) is 5.16. The first-order valence-corrected chi connectivity index (χ1v) is 6.15. The van der Waals surface area contributed by atoms with Crippen LogP contribution in [-0.4, -0.2) is 12.1 Å². The van der Waals surface area contributed by atoms with Gasteiger partial charge in [-0.25, -0.2) is 4.98 Å². The third-order valence-corrected chi connectivity index (χ3v) is 3.15. The molecule has 0 spiro atoms. The lowest BCUT2D eigenvalue weighted by Crippen LogP contribution is -1.93. The molecule has 1 aromatic heterocycles. The number of anilines is 1. The summed E-state index contributed by atoms with van der Waals surface area (Å²) in [6.45, 7) is 1.90. The van der Waals surface area contributed by atoms with Crippen molar-refractivity contribution in [3.63, 3.8) is 0 Å². The van der Waals surface area contributed by atoms with Gasteiger partial charge in [0, 0.05) is 23.1 Å². The average molecular weight is 250 g/mol. The number of methoxy groups -OCH3 is 1. The molecular weight excluding hydrogens is 236 g/mol. The van der Waals surface area contributed by atoms with Crippen molar-refractivity contribution < 1.29 is 9.15 Å². The fourth-order valence-electron chi connectivity index (χ4n) is 1.42. The van der Waals surface area contributed by atoms with E-state index in [0.717, 1.165) is 22.8 Å². The number of nitrogens with zero attached hydrogens (tertiary/aromatic N) is 1. The number of benzene rings is 1. The highest BCUT2D eigenvalue weighted by molar-refractivity contribution is 7.98. The molecule has 0 unspecified atom stereocenters.